The van der Waals surface area contributed by atoms with Crippen molar-refractivity contribution in [2.75, 3.05) is 0 Å². The zero-order valence-electron chi connectivity index (χ0n) is 14.8. The van der Waals surface area contributed by atoms with Crippen molar-refractivity contribution in [2.45, 2.75) is 53.4 Å². The minimum atomic E-state index is -0.508. The number of fused-ring (bicyclic) bond motifs is 1. The minimum Gasteiger partial charge on any atom is -0.298 e. The Morgan fingerprint density at radius 3 is 2.35 bits per heavy atom. The molecule has 0 radical (unpaired) electrons. The first-order chi connectivity index (χ1) is 10.8. The molecule has 0 N–H and O–H groups in total. The fourth-order valence-electron chi connectivity index (χ4n) is 5.23. The van der Waals surface area contributed by atoms with Gasteiger partial charge in [0, 0.05) is 22.3 Å². The minimum absolute atomic E-state index is 0.160. The lowest BCUT2D eigenvalue weighted by Gasteiger charge is -2.39. The molecule has 2 fully saturated rings. The number of rotatable bonds is 3. The Morgan fingerprint density at radius 1 is 1.09 bits per heavy atom. The Balaban J connectivity index is 2.01. The summed E-state index contributed by atoms with van der Waals surface area (Å²) in [7, 11) is 0. The monoisotopic (exact) mass is 312 g/mol. The molecule has 4 atom stereocenters. The van der Waals surface area contributed by atoms with Gasteiger partial charge in [-0.2, -0.15) is 0 Å². The van der Waals surface area contributed by atoms with Crippen LogP contribution < -0.4 is 0 Å². The summed E-state index contributed by atoms with van der Waals surface area (Å²) >= 11 is 0. The van der Waals surface area contributed by atoms with E-state index in [0.717, 1.165) is 18.4 Å². The molecule has 3 rings (SSSR count). The molecule has 0 aliphatic heterocycles. The van der Waals surface area contributed by atoms with Gasteiger partial charge in [-0.25, -0.2) is 0 Å². The maximum absolute atomic E-state index is 13.3. The summed E-state index contributed by atoms with van der Waals surface area (Å²) in [6.45, 7) is 8.06. The summed E-state index contributed by atoms with van der Waals surface area (Å²) in [4.78, 5) is 26.5. The number of ketones is 2. The van der Waals surface area contributed by atoms with Crippen LogP contribution in [0.25, 0.3) is 0 Å². The van der Waals surface area contributed by atoms with Crippen molar-refractivity contribution in [1.29, 1.82) is 0 Å². The maximum atomic E-state index is 13.3. The van der Waals surface area contributed by atoms with E-state index in [2.05, 4.69) is 6.92 Å². The molecule has 0 heterocycles. The van der Waals surface area contributed by atoms with Crippen LogP contribution in [0.5, 0.6) is 0 Å². The molecule has 1 aromatic rings. The van der Waals surface area contributed by atoms with Gasteiger partial charge in [-0.05, 0) is 24.7 Å². The highest BCUT2D eigenvalue weighted by atomic mass is 16.1. The number of hydrogen-bond donors (Lipinski definition) is 0. The van der Waals surface area contributed by atoms with E-state index in [1.54, 1.807) is 0 Å². The first kappa shape index (κ1) is 16.4. The second kappa shape index (κ2) is 5.58. The Morgan fingerprint density at radius 2 is 1.74 bits per heavy atom. The molecule has 2 heteroatoms. The molecular formula is C21H28O2. The van der Waals surface area contributed by atoms with Gasteiger partial charge in [0.15, 0.2) is 5.78 Å². The average molecular weight is 312 g/mol. The van der Waals surface area contributed by atoms with Gasteiger partial charge in [0.2, 0.25) is 0 Å². The lowest BCUT2D eigenvalue weighted by molar-refractivity contribution is -0.139. The quantitative estimate of drug-likeness (QED) is 0.742. The van der Waals surface area contributed by atoms with E-state index in [1.807, 2.05) is 51.1 Å². The number of carbonyl (C=O) groups is 2. The zero-order valence-corrected chi connectivity index (χ0v) is 14.8. The first-order valence-corrected chi connectivity index (χ1v) is 8.90. The highest BCUT2D eigenvalue weighted by Gasteiger charge is 2.60. The second-order valence-corrected chi connectivity index (χ2v) is 8.68. The summed E-state index contributed by atoms with van der Waals surface area (Å²) in [5.41, 5.74) is -0.154. The number of benzene rings is 1. The van der Waals surface area contributed by atoms with Crippen molar-refractivity contribution in [3.63, 3.8) is 0 Å². The zero-order chi connectivity index (χ0) is 16.8. The van der Waals surface area contributed by atoms with Gasteiger partial charge in [0.25, 0.3) is 0 Å². The molecule has 2 saturated carbocycles. The molecule has 23 heavy (non-hydrogen) atoms. The average Bonchev–Trinajstić information content (AvgIpc) is 3.08. The van der Waals surface area contributed by atoms with Crippen LogP contribution in [0.2, 0.25) is 0 Å². The fraction of sp³-hybridized carbons (Fsp3) is 0.619. The van der Waals surface area contributed by atoms with Crippen molar-refractivity contribution in [3.05, 3.63) is 35.9 Å². The van der Waals surface area contributed by atoms with Crippen molar-refractivity contribution < 1.29 is 9.59 Å². The highest BCUT2D eigenvalue weighted by molar-refractivity contribution is 6.03. The molecule has 0 bridgehead atoms. The summed E-state index contributed by atoms with van der Waals surface area (Å²) in [5.74, 6) is 1.21. The van der Waals surface area contributed by atoms with Gasteiger partial charge in [-0.15, -0.1) is 0 Å². The van der Waals surface area contributed by atoms with Crippen LogP contribution >= 0.6 is 0 Å². The molecule has 0 spiro atoms. The lowest BCUT2D eigenvalue weighted by Crippen LogP contribution is -2.46. The number of Topliss-reactive ketones (excluding diaryl/α,β-unsaturated/α-hetero) is 2. The molecule has 1 aromatic carbocycles. The summed E-state index contributed by atoms with van der Waals surface area (Å²) in [6.07, 6.45) is 4.36. The highest BCUT2D eigenvalue weighted by Crippen LogP contribution is 2.60. The van der Waals surface area contributed by atoms with Crippen LogP contribution in [0.1, 0.15) is 63.7 Å². The van der Waals surface area contributed by atoms with Gasteiger partial charge >= 0.3 is 0 Å². The Labute approximate surface area is 139 Å². The number of hydrogen-bond acceptors (Lipinski definition) is 2. The normalized spacial score (nSPS) is 33.5. The van der Waals surface area contributed by atoms with Gasteiger partial charge in [-0.1, -0.05) is 70.9 Å². The molecule has 2 nitrogen and oxygen atoms in total. The Hall–Kier alpha value is -1.44. The molecule has 124 valence electrons. The van der Waals surface area contributed by atoms with Gasteiger partial charge in [-0.3, -0.25) is 9.59 Å². The van der Waals surface area contributed by atoms with Gasteiger partial charge in [0.1, 0.15) is 5.78 Å². The van der Waals surface area contributed by atoms with Crippen LogP contribution in [0, 0.1) is 28.6 Å². The fourth-order valence-corrected chi connectivity index (χ4v) is 5.23. The SMILES string of the molecule is CC(C)(C)C(=O)[C@]1(C)[C@@H](C(=O)c2ccccc2)C[C@H]2CCC[C@H]21. The van der Waals surface area contributed by atoms with E-state index >= 15 is 0 Å². The Bertz CT molecular complexity index is 610. The van der Waals surface area contributed by atoms with Crippen LogP contribution in [0.4, 0.5) is 0 Å². The number of carbonyl (C=O) groups excluding carboxylic acids is 2. The van der Waals surface area contributed by atoms with Crippen molar-refractivity contribution >= 4 is 11.6 Å². The third-order valence-corrected chi connectivity index (χ3v) is 6.24. The van der Waals surface area contributed by atoms with E-state index in [0.29, 0.717) is 11.8 Å². The molecule has 2 aliphatic carbocycles. The standard InChI is InChI=1S/C21H28O2/c1-20(2,3)19(23)21(4)16-12-8-11-15(16)13-17(21)18(22)14-9-6-5-7-10-14/h5-7,9-10,15-17H,8,11-13H2,1-4H3/t15-,16-,17-,21+/m1/s1. The van der Waals surface area contributed by atoms with Crippen molar-refractivity contribution in [2.24, 2.45) is 28.6 Å². The first-order valence-electron chi connectivity index (χ1n) is 8.90. The topological polar surface area (TPSA) is 34.1 Å². The third kappa shape index (κ3) is 2.56. The van der Waals surface area contributed by atoms with Crippen LogP contribution in [0.15, 0.2) is 30.3 Å². The molecule has 0 aromatic heterocycles. The van der Waals surface area contributed by atoms with Gasteiger partial charge in [0.05, 0.1) is 0 Å². The summed E-state index contributed by atoms with van der Waals surface area (Å²) in [5, 5.41) is 0. The lowest BCUT2D eigenvalue weighted by atomic mass is 9.62. The summed E-state index contributed by atoms with van der Waals surface area (Å²) < 4.78 is 0. The smallest absolute Gasteiger partial charge is 0.166 e. The van der Waals surface area contributed by atoms with E-state index in [1.165, 1.54) is 12.8 Å². The van der Waals surface area contributed by atoms with Crippen LogP contribution in [0.3, 0.4) is 0 Å². The molecule has 0 saturated heterocycles. The largest absolute Gasteiger partial charge is 0.298 e. The van der Waals surface area contributed by atoms with E-state index in [-0.39, 0.29) is 17.5 Å². The second-order valence-electron chi connectivity index (χ2n) is 8.68. The maximum Gasteiger partial charge on any atom is 0.166 e. The van der Waals surface area contributed by atoms with Crippen LogP contribution in [-0.2, 0) is 4.79 Å². The van der Waals surface area contributed by atoms with E-state index in [9.17, 15) is 9.59 Å². The van der Waals surface area contributed by atoms with Crippen LogP contribution in [-0.4, -0.2) is 11.6 Å². The van der Waals surface area contributed by atoms with Gasteiger partial charge < -0.3 is 0 Å². The third-order valence-electron chi connectivity index (χ3n) is 6.24. The molecule has 2 aliphatic rings. The Kier molecular flexibility index (Phi) is 3.98. The predicted molar refractivity (Wildman–Crippen MR) is 92.3 cm³/mol. The van der Waals surface area contributed by atoms with E-state index in [4.69, 9.17) is 0 Å². The molecular weight excluding hydrogens is 284 g/mol. The summed E-state index contributed by atoms with van der Waals surface area (Å²) in [6, 6.07) is 9.52. The van der Waals surface area contributed by atoms with Crippen molar-refractivity contribution in [1.82, 2.24) is 0 Å². The molecule has 0 unspecified atom stereocenters. The molecule has 0 amide bonds. The van der Waals surface area contributed by atoms with Crippen molar-refractivity contribution in [3.8, 4) is 0 Å². The predicted octanol–water partition coefficient (Wildman–Crippen LogP) is 4.93. The van der Waals surface area contributed by atoms with E-state index < -0.39 is 10.8 Å².